The van der Waals surface area contributed by atoms with Gasteiger partial charge in [-0.15, -0.1) is 0 Å². The van der Waals surface area contributed by atoms with Crippen LogP contribution in [0.5, 0.6) is 0 Å². The summed E-state index contributed by atoms with van der Waals surface area (Å²) in [6, 6.07) is 0. The van der Waals surface area contributed by atoms with Crippen LogP contribution < -0.4 is 0 Å². The summed E-state index contributed by atoms with van der Waals surface area (Å²) in [5.74, 6) is 0.975. The molecule has 0 aromatic rings. The summed E-state index contributed by atoms with van der Waals surface area (Å²) >= 11 is 0. The van der Waals surface area contributed by atoms with Gasteiger partial charge in [-0.2, -0.15) is 0 Å². The van der Waals surface area contributed by atoms with E-state index in [0.29, 0.717) is 0 Å². The van der Waals surface area contributed by atoms with Gasteiger partial charge >= 0.3 is 0 Å². The molecule has 0 spiro atoms. The van der Waals surface area contributed by atoms with E-state index in [1.54, 1.807) is 0 Å². The summed E-state index contributed by atoms with van der Waals surface area (Å²) in [7, 11) is 0. The molecule has 2 rings (SSSR count). The topological polar surface area (TPSA) is 0 Å². The molecule has 0 aromatic carbocycles. The van der Waals surface area contributed by atoms with Crippen molar-refractivity contribution in [3.8, 4) is 0 Å². The molecule has 0 heterocycles. The molecular weight excluding hydrogens is 348 g/mol. The van der Waals surface area contributed by atoms with Gasteiger partial charge in [0.15, 0.2) is 0 Å². The van der Waals surface area contributed by atoms with E-state index in [0.717, 1.165) is 5.92 Å². The van der Waals surface area contributed by atoms with Gasteiger partial charge in [-0.25, -0.2) is 0 Å². The Morgan fingerprint density at radius 1 is 0.483 bits per heavy atom. The summed E-state index contributed by atoms with van der Waals surface area (Å²) in [6.45, 7) is 7.04. The van der Waals surface area contributed by atoms with Gasteiger partial charge < -0.3 is 0 Å². The van der Waals surface area contributed by atoms with Gasteiger partial charge in [-0.05, 0) is 57.3 Å². The van der Waals surface area contributed by atoms with Crippen LogP contribution in [0.4, 0.5) is 0 Å². The molecule has 0 heteroatoms. The van der Waals surface area contributed by atoms with Gasteiger partial charge in [-0.3, -0.25) is 0 Å². The fourth-order valence-electron chi connectivity index (χ4n) is 5.18. The number of allylic oxidation sites excluding steroid dienone is 2. The second-order valence-corrected chi connectivity index (χ2v) is 10.2. The van der Waals surface area contributed by atoms with Crippen molar-refractivity contribution in [2.45, 2.75) is 168 Å². The fourth-order valence-corrected chi connectivity index (χ4v) is 5.18. The summed E-state index contributed by atoms with van der Waals surface area (Å²) in [5.41, 5.74) is 3.72. The zero-order chi connectivity index (χ0) is 21.0. The normalized spacial score (nSPS) is 18.3. The smallest absolute Gasteiger partial charge is 0.0318 e. The zero-order valence-electron chi connectivity index (χ0n) is 20.8. The molecule has 2 saturated carbocycles. The molecule has 0 radical (unpaired) electrons. The van der Waals surface area contributed by atoms with Crippen LogP contribution in [0, 0.1) is 5.92 Å². The van der Waals surface area contributed by atoms with E-state index >= 15 is 0 Å². The van der Waals surface area contributed by atoms with Crippen LogP contribution in [0.2, 0.25) is 0 Å². The van der Waals surface area contributed by atoms with Crippen molar-refractivity contribution < 1.29 is 0 Å². The first-order valence-corrected chi connectivity index (χ1v) is 14.0. The average molecular weight is 405 g/mol. The Morgan fingerprint density at radius 3 is 1.21 bits per heavy atom. The van der Waals surface area contributed by atoms with Crippen LogP contribution in [0.3, 0.4) is 0 Å². The summed E-state index contributed by atoms with van der Waals surface area (Å²) in [5, 5.41) is 0. The van der Waals surface area contributed by atoms with E-state index in [4.69, 9.17) is 0 Å². The minimum atomic E-state index is 0.975. The Bertz CT molecular complexity index is 341. The highest BCUT2D eigenvalue weighted by molar-refractivity contribution is 5.16. The maximum absolute atomic E-state index is 2.45. The van der Waals surface area contributed by atoms with E-state index in [2.05, 4.69) is 20.8 Å². The lowest BCUT2D eigenvalue weighted by molar-refractivity contribution is 0.432. The fraction of sp³-hybridized carbons (Fsp3) is 0.931. The van der Waals surface area contributed by atoms with E-state index in [-0.39, 0.29) is 0 Å². The van der Waals surface area contributed by atoms with Crippen molar-refractivity contribution in [1.82, 2.24) is 0 Å². The monoisotopic (exact) mass is 404 g/mol. The molecule has 0 nitrogen and oxygen atoms in total. The van der Waals surface area contributed by atoms with E-state index < -0.39 is 0 Å². The number of hydrogen-bond donors (Lipinski definition) is 0. The van der Waals surface area contributed by atoms with Crippen molar-refractivity contribution in [1.29, 1.82) is 0 Å². The van der Waals surface area contributed by atoms with Crippen LogP contribution >= 0.6 is 0 Å². The van der Waals surface area contributed by atoms with E-state index in [1.165, 1.54) is 148 Å². The van der Waals surface area contributed by atoms with Crippen LogP contribution in [0.15, 0.2) is 11.1 Å². The first-order valence-electron chi connectivity index (χ1n) is 14.0. The maximum Gasteiger partial charge on any atom is -0.0318 e. The number of hydrogen-bond acceptors (Lipinski definition) is 0. The van der Waals surface area contributed by atoms with Gasteiger partial charge in [0, 0.05) is 0 Å². The Balaban J connectivity index is 0.000000304. The first kappa shape index (κ1) is 26.8. The van der Waals surface area contributed by atoms with Crippen molar-refractivity contribution in [2.24, 2.45) is 5.92 Å². The minimum absolute atomic E-state index is 0.975. The highest BCUT2D eigenvalue weighted by Crippen LogP contribution is 2.33. The molecule has 0 saturated heterocycles. The highest BCUT2D eigenvalue weighted by atomic mass is 14.2. The molecule has 1 unspecified atom stereocenters. The third-order valence-electron chi connectivity index (χ3n) is 7.27. The highest BCUT2D eigenvalue weighted by Gasteiger charge is 2.13. The molecule has 0 amide bonds. The first-order chi connectivity index (χ1) is 14.3. The summed E-state index contributed by atoms with van der Waals surface area (Å²) in [6.07, 6.45) is 33.4. The molecule has 1 atom stereocenters. The lowest BCUT2D eigenvalue weighted by Gasteiger charge is -2.22. The second-order valence-electron chi connectivity index (χ2n) is 10.2. The Labute approximate surface area is 185 Å². The van der Waals surface area contributed by atoms with E-state index in [9.17, 15) is 0 Å². The number of unbranched alkanes of at least 4 members (excludes halogenated alkanes) is 9. The van der Waals surface area contributed by atoms with Gasteiger partial charge in [0.1, 0.15) is 0 Å². The zero-order valence-corrected chi connectivity index (χ0v) is 20.8. The molecule has 29 heavy (non-hydrogen) atoms. The average Bonchev–Trinajstić information content (AvgIpc) is 2.78. The largest absolute Gasteiger partial charge is 0.0710 e. The molecule has 2 aliphatic carbocycles. The molecule has 0 aromatic heterocycles. The third-order valence-corrected chi connectivity index (χ3v) is 7.27. The van der Waals surface area contributed by atoms with Crippen molar-refractivity contribution >= 4 is 0 Å². The van der Waals surface area contributed by atoms with Crippen LogP contribution in [0.1, 0.15) is 168 Å². The molecule has 172 valence electrons. The standard InChI is InChI=1S/C17H36.C12H20/c1-4-6-8-10-12-14-16-17(3)15-13-11-9-7-5-2;1-3-7-11(8-4-1)12-9-5-2-6-10-12/h17H,4-16H2,1-3H3;1-10H2. The van der Waals surface area contributed by atoms with Crippen molar-refractivity contribution in [3.63, 3.8) is 0 Å². The minimum Gasteiger partial charge on any atom is -0.0710 e. The third kappa shape index (κ3) is 15.2. The van der Waals surface area contributed by atoms with Gasteiger partial charge in [-0.1, -0.05) is 128 Å². The van der Waals surface area contributed by atoms with Crippen molar-refractivity contribution in [3.05, 3.63) is 11.1 Å². The quantitative estimate of drug-likeness (QED) is 0.211. The maximum atomic E-state index is 2.45. The van der Waals surface area contributed by atoms with Crippen LogP contribution in [-0.2, 0) is 0 Å². The number of rotatable bonds is 13. The molecular formula is C29H56. The Morgan fingerprint density at radius 2 is 0.828 bits per heavy atom. The van der Waals surface area contributed by atoms with Crippen LogP contribution in [-0.4, -0.2) is 0 Å². The van der Waals surface area contributed by atoms with Crippen molar-refractivity contribution in [2.75, 3.05) is 0 Å². The van der Waals surface area contributed by atoms with Crippen LogP contribution in [0.25, 0.3) is 0 Å². The summed E-state index contributed by atoms with van der Waals surface area (Å²) < 4.78 is 0. The lowest BCUT2D eigenvalue weighted by atomic mass is 9.84. The molecule has 0 bridgehead atoms. The molecule has 2 aliphatic rings. The molecule has 0 N–H and O–H groups in total. The van der Waals surface area contributed by atoms with E-state index in [1.807, 2.05) is 11.1 Å². The molecule has 2 fully saturated rings. The van der Waals surface area contributed by atoms with Gasteiger partial charge in [0.2, 0.25) is 0 Å². The molecule has 0 aliphatic heterocycles. The summed E-state index contributed by atoms with van der Waals surface area (Å²) in [4.78, 5) is 0. The lowest BCUT2D eigenvalue weighted by Crippen LogP contribution is -2.02. The SMILES string of the molecule is C1CCC(=C2CCCCC2)CC1.CCCCCCCCC(C)CCCCCCC. The Kier molecular flexibility index (Phi) is 18.2. The predicted molar refractivity (Wildman–Crippen MR) is 134 cm³/mol. The Hall–Kier alpha value is -0.260. The second kappa shape index (κ2) is 19.7. The van der Waals surface area contributed by atoms with Gasteiger partial charge in [0.25, 0.3) is 0 Å². The predicted octanol–water partition coefficient (Wildman–Crippen LogP) is 10.9. The van der Waals surface area contributed by atoms with Gasteiger partial charge in [0.05, 0.1) is 0 Å².